The Balaban J connectivity index is 1.47. The van der Waals surface area contributed by atoms with Crippen molar-refractivity contribution in [2.45, 2.75) is 32.7 Å². The van der Waals surface area contributed by atoms with E-state index < -0.39 is 0 Å². The van der Waals surface area contributed by atoms with Crippen LogP contribution in [0.2, 0.25) is 0 Å². The Hall–Kier alpha value is -3.34. The molecule has 1 amide bonds. The molecule has 0 aliphatic heterocycles. The number of aryl methyl sites for hydroxylation is 2. The van der Waals surface area contributed by atoms with Gasteiger partial charge in [-0.05, 0) is 48.2 Å². The van der Waals surface area contributed by atoms with Gasteiger partial charge in [-0.1, -0.05) is 44.2 Å². The minimum absolute atomic E-state index is 0.0145. The molecule has 2 aromatic carbocycles. The second-order valence-electron chi connectivity index (χ2n) is 7.71. The Bertz CT molecular complexity index is 1080. The van der Waals surface area contributed by atoms with E-state index in [-0.39, 0.29) is 17.9 Å². The maximum Gasteiger partial charge on any atom is 0.247 e. The summed E-state index contributed by atoms with van der Waals surface area (Å²) in [6, 6.07) is 19.9. The SMILES string of the molecule is CC(C)C(C(=O)Nc1ccc2nc(CCc3ccccc3)[nH]c2c1)n1cccc1. The van der Waals surface area contributed by atoms with Crippen molar-refractivity contribution in [3.8, 4) is 0 Å². The highest BCUT2D eigenvalue weighted by Crippen LogP contribution is 2.23. The molecule has 5 nitrogen and oxygen atoms in total. The molecule has 0 spiro atoms. The first-order valence-electron chi connectivity index (χ1n) is 10.1. The molecule has 0 radical (unpaired) electrons. The lowest BCUT2D eigenvalue weighted by Crippen LogP contribution is -2.29. The van der Waals surface area contributed by atoms with Gasteiger partial charge in [-0.25, -0.2) is 4.98 Å². The Morgan fingerprint density at radius 3 is 2.52 bits per heavy atom. The summed E-state index contributed by atoms with van der Waals surface area (Å²) in [6.07, 6.45) is 5.66. The Labute approximate surface area is 170 Å². The molecule has 148 valence electrons. The highest BCUT2D eigenvalue weighted by molar-refractivity contribution is 5.95. The zero-order chi connectivity index (χ0) is 20.2. The molecule has 4 aromatic rings. The molecule has 2 heterocycles. The average Bonchev–Trinajstić information content (AvgIpc) is 3.36. The quantitative estimate of drug-likeness (QED) is 0.470. The monoisotopic (exact) mass is 386 g/mol. The number of hydrogen-bond donors (Lipinski definition) is 2. The average molecular weight is 386 g/mol. The predicted molar refractivity (Wildman–Crippen MR) is 117 cm³/mol. The largest absolute Gasteiger partial charge is 0.342 e. The molecule has 0 aliphatic carbocycles. The number of hydrogen-bond acceptors (Lipinski definition) is 2. The highest BCUT2D eigenvalue weighted by atomic mass is 16.2. The van der Waals surface area contributed by atoms with E-state index in [0.717, 1.165) is 35.4 Å². The summed E-state index contributed by atoms with van der Waals surface area (Å²) in [4.78, 5) is 21.0. The molecule has 2 N–H and O–H groups in total. The second-order valence-corrected chi connectivity index (χ2v) is 7.71. The number of aromatic amines is 1. The third kappa shape index (κ3) is 4.40. The Kier molecular flexibility index (Phi) is 5.47. The Morgan fingerprint density at radius 1 is 1.03 bits per heavy atom. The molecule has 5 heteroatoms. The summed E-state index contributed by atoms with van der Waals surface area (Å²) in [6.45, 7) is 4.11. The van der Waals surface area contributed by atoms with Gasteiger partial charge in [0.15, 0.2) is 0 Å². The molecule has 0 saturated heterocycles. The van der Waals surface area contributed by atoms with Crippen LogP contribution in [0.4, 0.5) is 5.69 Å². The van der Waals surface area contributed by atoms with Crippen molar-refractivity contribution in [3.63, 3.8) is 0 Å². The number of carbonyl (C=O) groups excluding carboxylic acids is 1. The topological polar surface area (TPSA) is 62.7 Å². The van der Waals surface area contributed by atoms with Crippen LogP contribution < -0.4 is 5.32 Å². The minimum atomic E-state index is -0.246. The summed E-state index contributed by atoms with van der Waals surface area (Å²) >= 11 is 0. The third-order valence-corrected chi connectivity index (χ3v) is 5.14. The smallest absolute Gasteiger partial charge is 0.247 e. The highest BCUT2D eigenvalue weighted by Gasteiger charge is 2.23. The van der Waals surface area contributed by atoms with E-state index in [9.17, 15) is 4.79 Å². The maximum absolute atomic E-state index is 12.9. The van der Waals surface area contributed by atoms with Crippen molar-refractivity contribution in [1.29, 1.82) is 0 Å². The van der Waals surface area contributed by atoms with Crippen molar-refractivity contribution in [2.75, 3.05) is 5.32 Å². The number of H-pyrrole nitrogens is 1. The van der Waals surface area contributed by atoms with Crippen molar-refractivity contribution in [1.82, 2.24) is 14.5 Å². The summed E-state index contributed by atoms with van der Waals surface area (Å²) in [5.41, 5.74) is 3.93. The molecular weight excluding hydrogens is 360 g/mol. The molecule has 0 bridgehead atoms. The van der Waals surface area contributed by atoms with Crippen molar-refractivity contribution in [2.24, 2.45) is 5.92 Å². The first kappa shape index (κ1) is 19.0. The zero-order valence-electron chi connectivity index (χ0n) is 16.8. The number of amides is 1. The van der Waals surface area contributed by atoms with E-state index in [2.05, 4.69) is 53.4 Å². The summed E-state index contributed by atoms with van der Waals surface area (Å²) in [7, 11) is 0. The lowest BCUT2D eigenvalue weighted by molar-refractivity contribution is -0.120. The van der Waals surface area contributed by atoms with Gasteiger partial charge in [0, 0.05) is 24.5 Å². The molecule has 2 aromatic heterocycles. The van der Waals surface area contributed by atoms with Crippen LogP contribution in [-0.2, 0) is 17.6 Å². The van der Waals surface area contributed by atoms with Crippen LogP contribution in [0.1, 0.15) is 31.3 Å². The molecule has 0 fully saturated rings. The van der Waals surface area contributed by atoms with E-state index in [1.807, 2.05) is 53.4 Å². The van der Waals surface area contributed by atoms with Crippen LogP contribution in [0.5, 0.6) is 0 Å². The molecule has 29 heavy (non-hydrogen) atoms. The van der Waals surface area contributed by atoms with Crippen LogP contribution in [0.15, 0.2) is 73.1 Å². The van der Waals surface area contributed by atoms with Crippen LogP contribution in [0, 0.1) is 5.92 Å². The number of anilines is 1. The zero-order valence-corrected chi connectivity index (χ0v) is 16.8. The number of fused-ring (bicyclic) bond motifs is 1. The summed E-state index contributed by atoms with van der Waals surface area (Å²) in [5.74, 6) is 1.13. The van der Waals surface area contributed by atoms with Gasteiger partial charge in [-0.15, -0.1) is 0 Å². The number of rotatable bonds is 7. The van der Waals surface area contributed by atoms with Crippen LogP contribution in [0.25, 0.3) is 11.0 Å². The molecule has 0 saturated carbocycles. The first-order valence-corrected chi connectivity index (χ1v) is 10.1. The van der Waals surface area contributed by atoms with Gasteiger partial charge in [0.05, 0.1) is 11.0 Å². The summed E-state index contributed by atoms with van der Waals surface area (Å²) < 4.78 is 1.95. The number of nitrogens with one attached hydrogen (secondary N) is 2. The number of aromatic nitrogens is 3. The molecule has 4 rings (SSSR count). The van der Waals surface area contributed by atoms with E-state index in [4.69, 9.17) is 0 Å². The normalized spacial score (nSPS) is 12.4. The van der Waals surface area contributed by atoms with Gasteiger partial charge < -0.3 is 14.9 Å². The molecule has 1 unspecified atom stereocenters. The predicted octanol–water partition coefficient (Wildman–Crippen LogP) is 4.99. The molecule has 1 atom stereocenters. The van der Waals surface area contributed by atoms with Crippen LogP contribution in [-0.4, -0.2) is 20.4 Å². The fraction of sp³-hybridized carbons (Fsp3) is 0.250. The van der Waals surface area contributed by atoms with Gasteiger partial charge in [-0.3, -0.25) is 4.79 Å². The van der Waals surface area contributed by atoms with E-state index in [0.29, 0.717) is 0 Å². The van der Waals surface area contributed by atoms with E-state index in [1.54, 1.807) is 0 Å². The first-order chi connectivity index (χ1) is 14.1. The Morgan fingerprint density at radius 2 is 1.79 bits per heavy atom. The van der Waals surface area contributed by atoms with Crippen molar-refractivity contribution < 1.29 is 4.79 Å². The number of nitrogens with zero attached hydrogens (tertiary/aromatic N) is 2. The van der Waals surface area contributed by atoms with Gasteiger partial charge >= 0.3 is 0 Å². The number of benzene rings is 2. The van der Waals surface area contributed by atoms with Gasteiger partial charge in [0.25, 0.3) is 0 Å². The number of imidazole rings is 1. The second kappa shape index (κ2) is 8.35. The lowest BCUT2D eigenvalue weighted by Gasteiger charge is -2.22. The molecular formula is C24H26N4O. The van der Waals surface area contributed by atoms with Crippen molar-refractivity contribution in [3.05, 3.63) is 84.4 Å². The minimum Gasteiger partial charge on any atom is -0.342 e. The van der Waals surface area contributed by atoms with Crippen molar-refractivity contribution >= 4 is 22.6 Å². The fourth-order valence-electron chi connectivity index (χ4n) is 3.70. The van der Waals surface area contributed by atoms with Gasteiger partial charge in [0.2, 0.25) is 5.91 Å². The van der Waals surface area contributed by atoms with Crippen LogP contribution >= 0.6 is 0 Å². The number of carbonyl (C=O) groups is 1. The van der Waals surface area contributed by atoms with Gasteiger partial charge in [-0.2, -0.15) is 0 Å². The lowest BCUT2D eigenvalue weighted by atomic mass is 10.0. The third-order valence-electron chi connectivity index (χ3n) is 5.14. The van der Waals surface area contributed by atoms with Crippen LogP contribution in [0.3, 0.4) is 0 Å². The fourth-order valence-corrected chi connectivity index (χ4v) is 3.70. The standard InChI is InChI=1S/C24H26N4O/c1-17(2)23(28-14-6-7-15-28)24(29)25-19-11-12-20-21(16-19)27-22(26-20)13-10-18-8-4-3-5-9-18/h3-9,11-12,14-17,23H,10,13H2,1-2H3,(H,25,29)(H,26,27). The van der Waals surface area contributed by atoms with E-state index >= 15 is 0 Å². The van der Waals surface area contributed by atoms with Gasteiger partial charge in [0.1, 0.15) is 11.9 Å². The molecule has 0 aliphatic rings. The maximum atomic E-state index is 12.9. The van der Waals surface area contributed by atoms with E-state index in [1.165, 1.54) is 5.56 Å². The summed E-state index contributed by atoms with van der Waals surface area (Å²) in [5, 5.41) is 3.06.